The number of nitrogens with one attached hydrogen (secondary N) is 2. The molecule has 1 atom stereocenters. The van der Waals surface area contributed by atoms with E-state index in [0.717, 1.165) is 12.1 Å². The molecular formula is C28H25F3N2O7. The van der Waals surface area contributed by atoms with E-state index in [4.69, 9.17) is 14.2 Å². The van der Waals surface area contributed by atoms with E-state index >= 15 is 0 Å². The van der Waals surface area contributed by atoms with E-state index < -0.39 is 47.9 Å². The van der Waals surface area contributed by atoms with Crippen molar-refractivity contribution in [2.75, 3.05) is 24.4 Å². The molecule has 0 aromatic heterocycles. The summed E-state index contributed by atoms with van der Waals surface area (Å²) in [4.78, 5) is 48.9. The molecule has 0 aliphatic carbocycles. The third-order valence-corrected chi connectivity index (χ3v) is 5.45. The number of carbonyl (C=O) groups excluding carboxylic acids is 4. The van der Waals surface area contributed by atoms with Crippen molar-refractivity contribution in [2.24, 2.45) is 0 Å². The van der Waals surface area contributed by atoms with Crippen LogP contribution in [0, 0.1) is 0 Å². The molecule has 3 rings (SSSR count). The minimum Gasteiger partial charge on any atom is -0.493 e. The zero-order valence-electron chi connectivity index (χ0n) is 21.6. The summed E-state index contributed by atoms with van der Waals surface area (Å²) in [6.07, 6.45) is -5.85. The molecule has 0 aliphatic heterocycles. The normalized spacial score (nSPS) is 11.7. The van der Waals surface area contributed by atoms with Crippen LogP contribution in [0.25, 0.3) is 0 Å². The summed E-state index contributed by atoms with van der Waals surface area (Å²) in [6.45, 7) is 2.11. The molecule has 0 radical (unpaired) electrons. The van der Waals surface area contributed by atoms with Crippen LogP contribution in [0.15, 0.2) is 66.7 Å². The fourth-order valence-corrected chi connectivity index (χ4v) is 3.42. The molecule has 3 aromatic carbocycles. The molecule has 12 heteroatoms. The van der Waals surface area contributed by atoms with Crippen LogP contribution in [-0.4, -0.2) is 43.4 Å². The lowest BCUT2D eigenvalue weighted by Gasteiger charge is -2.16. The van der Waals surface area contributed by atoms with Crippen LogP contribution in [0.5, 0.6) is 11.5 Å². The number of esters is 1. The van der Waals surface area contributed by atoms with Crippen molar-refractivity contribution in [2.45, 2.75) is 26.1 Å². The van der Waals surface area contributed by atoms with E-state index in [2.05, 4.69) is 10.6 Å². The first kappa shape index (κ1) is 29.7. The van der Waals surface area contributed by atoms with Crippen molar-refractivity contribution in [1.82, 2.24) is 0 Å². The molecule has 2 amide bonds. The van der Waals surface area contributed by atoms with E-state index in [-0.39, 0.29) is 22.8 Å². The van der Waals surface area contributed by atoms with Gasteiger partial charge >= 0.3 is 12.1 Å². The van der Waals surface area contributed by atoms with Crippen LogP contribution < -0.4 is 20.1 Å². The van der Waals surface area contributed by atoms with Gasteiger partial charge in [0.1, 0.15) is 0 Å². The molecule has 3 aromatic rings. The Kier molecular flexibility index (Phi) is 9.49. The lowest BCUT2D eigenvalue weighted by molar-refractivity contribution is -0.137. The smallest absolute Gasteiger partial charge is 0.418 e. The highest BCUT2D eigenvalue weighted by Crippen LogP contribution is 2.34. The molecule has 0 spiro atoms. The maximum absolute atomic E-state index is 13.1. The van der Waals surface area contributed by atoms with Gasteiger partial charge in [0.15, 0.2) is 30.0 Å². The monoisotopic (exact) mass is 558 g/mol. The molecule has 0 saturated heterocycles. The van der Waals surface area contributed by atoms with Crippen LogP contribution in [0.2, 0.25) is 0 Å². The van der Waals surface area contributed by atoms with Gasteiger partial charge in [-0.15, -0.1) is 0 Å². The quantitative estimate of drug-likeness (QED) is 0.262. The summed E-state index contributed by atoms with van der Waals surface area (Å²) >= 11 is 0. The van der Waals surface area contributed by atoms with Crippen LogP contribution in [-0.2, 0) is 20.5 Å². The average molecular weight is 559 g/mol. The summed E-state index contributed by atoms with van der Waals surface area (Å²) in [6, 6.07) is 14.7. The zero-order valence-corrected chi connectivity index (χ0v) is 21.6. The first-order chi connectivity index (χ1) is 18.9. The third-order valence-electron chi connectivity index (χ3n) is 5.45. The number of carbonyl (C=O) groups is 4. The van der Waals surface area contributed by atoms with Gasteiger partial charge < -0.3 is 24.8 Å². The summed E-state index contributed by atoms with van der Waals surface area (Å²) in [5.41, 5.74) is -0.657. The zero-order chi connectivity index (χ0) is 29.4. The minimum atomic E-state index is -4.66. The number of ether oxygens (including phenoxy) is 3. The molecule has 0 saturated carbocycles. The topological polar surface area (TPSA) is 120 Å². The van der Waals surface area contributed by atoms with Crippen molar-refractivity contribution in [3.05, 3.63) is 83.4 Å². The predicted octanol–water partition coefficient (Wildman–Crippen LogP) is 5.12. The molecule has 210 valence electrons. The van der Waals surface area contributed by atoms with Gasteiger partial charge in [-0.1, -0.05) is 24.3 Å². The Hall–Kier alpha value is -4.87. The number of hydrogen-bond acceptors (Lipinski definition) is 7. The fraction of sp³-hybridized carbons (Fsp3) is 0.214. The van der Waals surface area contributed by atoms with E-state index in [1.165, 1.54) is 57.4 Å². The number of Topliss-reactive ketones (excluding diaryl/α,β-unsaturated/α-hetero) is 1. The Morgan fingerprint density at radius 3 is 2.27 bits per heavy atom. The fourth-order valence-electron chi connectivity index (χ4n) is 3.42. The number of rotatable bonds is 10. The van der Waals surface area contributed by atoms with Crippen molar-refractivity contribution >= 4 is 34.9 Å². The van der Waals surface area contributed by atoms with Crippen LogP contribution >= 0.6 is 0 Å². The van der Waals surface area contributed by atoms with Crippen molar-refractivity contribution in [3.8, 4) is 11.5 Å². The van der Waals surface area contributed by atoms with Gasteiger partial charge in [0.2, 0.25) is 0 Å². The minimum absolute atomic E-state index is 0.00554. The molecule has 40 heavy (non-hydrogen) atoms. The second-order valence-corrected chi connectivity index (χ2v) is 8.42. The van der Waals surface area contributed by atoms with Crippen molar-refractivity contribution in [3.63, 3.8) is 0 Å². The summed E-state index contributed by atoms with van der Waals surface area (Å²) in [5.74, 6) is -2.43. The van der Waals surface area contributed by atoms with E-state index in [9.17, 15) is 32.3 Å². The summed E-state index contributed by atoms with van der Waals surface area (Å²) in [7, 11) is 1.28. The standard InChI is InChI=1S/C28H25F3N2O7/c1-16(34)18-7-6-8-20(13-18)32-26(36)17(2)40-27(37)19-11-12-23(24(14-19)38-3)39-15-25(35)33-22-10-5-4-9-21(22)28(29,30)31/h4-14,17H,15H2,1-3H3,(H,32,36)(H,33,35)/t17-/m1/s1. The van der Waals surface area contributed by atoms with E-state index in [0.29, 0.717) is 11.3 Å². The van der Waals surface area contributed by atoms with E-state index in [1.54, 1.807) is 18.2 Å². The van der Waals surface area contributed by atoms with Gasteiger partial charge in [-0.05, 0) is 56.3 Å². The predicted molar refractivity (Wildman–Crippen MR) is 139 cm³/mol. The van der Waals surface area contributed by atoms with Gasteiger partial charge in [0.25, 0.3) is 11.8 Å². The lowest BCUT2D eigenvalue weighted by atomic mass is 10.1. The van der Waals surface area contributed by atoms with E-state index in [1.807, 2.05) is 0 Å². The maximum atomic E-state index is 13.1. The van der Waals surface area contributed by atoms with Gasteiger partial charge in [-0.3, -0.25) is 14.4 Å². The number of hydrogen-bond donors (Lipinski definition) is 2. The van der Waals surface area contributed by atoms with Gasteiger partial charge in [0.05, 0.1) is 23.9 Å². The number of alkyl halides is 3. The first-order valence-electron chi connectivity index (χ1n) is 11.8. The second-order valence-electron chi connectivity index (χ2n) is 8.42. The van der Waals surface area contributed by atoms with Crippen LogP contribution in [0.1, 0.15) is 40.1 Å². The maximum Gasteiger partial charge on any atom is 0.418 e. The van der Waals surface area contributed by atoms with Gasteiger partial charge in [0, 0.05) is 11.3 Å². The summed E-state index contributed by atoms with van der Waals surface area (Å²) < 4.78 is 55.2. The molecular weight excluding hydrogens is 533 g/mol. The molecule has 9 nitrogen and oxygen atoms in total. The van der Waals surface area contributed by atoms with Crippen molar-refractivity contribution in [1.29, 1.82) is 0 Å². The molecule has 2 N–H and O–H groups in total. The highest BCUT2D eigenvalue weighted by atomic mass is 19.4. The highest BCUT2D eigenvalue weighted by molar-refractivity contribution is 5.99. The molecule has 0 fully saturated rings. The Morgan fingerprint density at radius 2 is 1.60 bits per heavy atom. The third kappa shape index (κ3) is 7.82. The first-order valence-corrected chi connectivity index (χ1v) is 11.8. The number of benzene rings is 3. The van der Waals surface area contributed by atoms with Crippen molar-refractivity contribution < 1.29 is 46.6 Å². The number of para-hydroxylation sites is 1. The summed E-state index contributed by atoms with van der Waals surface area (Å²) in [5, 5.41) is 4.73. The largest absolute Gasteiger partial charge is 0.493 e. The number of methoxy groups -OCH3 is 1. The van der Waals surface area contributed by atoms with Crippen LogP contribution in [0.4, 0.5) is 24.5 Å². The average Bonchev–Trinajstić information content (AvgIpc) is 2.91. The Labute approximate surface area is 227 Å². The molecule has 0 unspecified atom stereocenters. The highest BCUT2D eigenvalue weighted by Gasteiger charge is 2.33. The Bertz CT molecular complexity index is 1420. The SMILES string of the molecule is COc1cc(C(=O)O[C@H](C)C(=O)Nc2cccc(C(C)=O)c2)ccc1OCC(=O)Nc1ccccc1C(F)(F)F. The number of halogens is 3. The van der Waals surface area contributed by atoms with Gasteiger partial charge in [-0.2, -0.15) is 13.2 Å². The van der Waals surface area contributed by atoms with Crippen LogP contribution in [0.3, 0.4) is 0 Å². The number of amides is 2. The Morgan fingerprint density at radius 1 is 0.875 bits per heavy atom. The molecule has 0 aliphatic rings. The Balaban J connectivity index is 1.60. The molecule has 0 heterocycles. The lowest BCUT2D eigenvalue weighted by Crippen LogP contribution is -2.30. The number of anilines is 2. The van der Waals surface area contributed by atoms with Gasteiger partial charge in [-0.25, -0.2) is 4.79 Å². The second kappa shape index (κ2) is 12.8. The number of ketones is 1. The molecule has 0 bridgehead atoms.